The summed E-state index contributed by atoms with van der Waals surface area (Å²) in [4.78, 5) is 24.8. The maximum absolute atomic E-state index is 13.1. The lowest BCUT2D eigenvalue weighted by Gasteiger charge is -2.17. The van der Waals surface area contributed by atoms with Crippen molar-refractivity contribution in [3.05, 3.63) is 59.9 Å². The standard InChI is InChI=1S/C18H18FN3O3/c19-13-3-1-2-12(10-13)11-25-15-6-4-14(5-7-15)22-9-8-16(17(22)23)21-18(20)24/h1-7,10,16H,8-9,11H2,(H3,20,21,24)/t16-/m0/s1. The first kappa shape index (κ1) is 16.8. The molecule has 0 radical (unpaired) electrons. The molecular formula is C18H18FN3O3. The largest absolute Gasteiger partial charge is 0.489 e. The molecule has 0 saturated carbocycles. The van der Waals surface area contributed by atoms with Crippen molar-refractivity contribution in [2.24, 2.45) is 5.73 Å². The minimum Gasteiger partial charge on any atom is -0.489 e. The number of anilines is 1. The molecule has 2 aromatic rings. The third-order valence-corrected chi connectivity index (χ3v) is 3.96. The van der Waals surface area contributed by atoms with Crippen molar-refractivity contribution in [3.63, 3.8) is 0 Å². The molecular weight excluding hydrogens is 325 g/mol. The molecule has 7 heteroatoms. The van der Waals surface area contributed by atoms with Gasteiger partial charge in [-0.25, -0.2) is 9.18 Å². The lowest BCUT2D eigenvalue weighted by molar-refractivity contribution is -0.118. The minimum atomic E-state index is -0.707. The van der Waals surface area contributed by atoms with Crippen LogP contribution in [0.15, 0.2) is 48.5 Å². The number of urea groups is 1. The average molecular weight is 343 g/mol. The smallest absolute Gasteiger partial charge is 0.312 e. The third kappa shape index (κ3) is 4.06. The second-order valence-electron chi connectivity index (χ2n) is 5.75. The summed E-state index contributed by atoms with van der Waals surface area (Å²) in [6.45, 7) is 0.762. The first-order valence-electron chi connectivity index (χ1n) is 7.87. The molecule has 2 aromatic carbocycles. The fourth-order valence-corrected chi connectivity index (χ4v) is 2.76. The Bertz CT molecular complexity index is 779. The molecule has 1 heterocycles. The summed E-state index contributed by atoms with van der Waals surface area (Å²) in [6, 6.07) is 12.0. The van der Waals surface area contributed by atoms with Crippen molar-refractivity contribution in [3.8, 4) is 5.75 Å². The summed E-state index contributed by atoms with van der Waals surface area (Å²) in [5.74, 6) is 0.127. The van der Waals surface area contributed by atoms with Crippen LogP contribution in [0.2, 0.25) is 0 Å². The van der Waals surface area contributed by atoms with Gasteiger partial charge in [-0.2, -0.15) is 0 Å². The zero-order valence-corrected chi connectivity index (χ0v) is 13.4. The molecule has 25 heavy (non-hydrogen) atoms. The Morgan fingerprint density at radius 3 is 2.72 bits per heavy atom. The van der Waals surface area contributed by atoms with E-state index in [0.29, 0.717) is 18.7 Å². The van der Waals surface area contributed by atoms with E-state index in [2.05, 4.69) is 5.32 Å². The lowest BCUT2D eigenvalue weighted by Crippen LogP contribution is -2.43. The van der Waals surface area contributed by atoms with Crippen LogP contribution >= 0.6 is 0 Å². The van der Waals surface area contributed by atoms with E-state index in [1.807, 2.05) is 0 Å². The maximum Gasteiger partial charge on any atom is 0.312 e. The fraction of sp³-hybridized carbons (Fsp3) is 0.222. The van der Waals surface area contributed by atoms with Crippen LogP contribution in [0.25, 0.3) is 0 Å². The van der Waals surface area contributed by atoms with Crippen molar-refractivity contribution in [1.82, 2.24) is 5.32 Å². The molecule has 130 valence electrons. The van der Waals surface area contributed by atoms with E-state index < -0.39 is 12.1 Å². The molecule has 0 bridgehead atoms. The van der Waals surface area contributed by atoms with Crippen LogP contribution in [0.5, 0.6) is 5.75 Å². The molecule has 1 saturated heterocycles. The van der Waals surface area contributed by atoms with E-state index in [4.69, 9.17) is 10.5 Å². The fourth-order valence-electron chi connectivity index (χ4n) is 2.76. The monoisotopic (exact) mass is 343 g/mol. The average Bonchev–Trinajstić information content (AvgIpc) is 2.94. The number of nitrogens with two attached hydrogens (primary N) is 1. The van der Waals surface area contributed by atoms with Gasteiger partial charge < -0.3 is 20.7 Å². The van der Waals surface area contributed by atoms with Crippen molar-refractivity contribution in [2.75, 3.05) is 11.4 Å². The van der Waals surface area contributed by atoms with E-state index in [0.717, 1.165) is 11.3 Å². The van der Waals surface area contributed by atoms with Crippen LogP contribution in [0.4, 0.5) is 14.9 Å². The van der Waals surface area contributed by atoms with Crippen molar-refractivity contribution in [2.45, 2.75) is 19.1 Å². The number of amides is 3. The van der Waals surface area contributed by atoms with Gasteiger partial charge >= 0.3 is 6.03 Å². The molecule has 1 aliphatic heterocycles. The number of ether oxygens (including phenoxy) is 1. The molecule has 3 rings (SSSR count). The van der Waals surface area contributed by atoms with Gasteiger partial charge in [0.2, 0.25) is 5.91 Å². The van der Waals surface area contributed by atoms with E-state index in [1.165, 1.54) is 12.1 Å². The normalized spacial score (nSPS) is 16.8. The van der Waals surface area contributed by atoms with Gasteiger partial charge in [0.15, 0.2) is 0 Å². The van der Waals surface area contributed by atoms with E-state index in [-0.39, 0.29) is 18.3 Å². The van der Waals surface area contributed by atoms with Crippen LogP contribution in [-0.4, -0.2) is 24.5 Å². The molecule has 0 aromatic heterocycles. The Hall–Kier alpha value is -3.09. The summed E-state index contributed by atoms with van der Waals surface area (Å²) < 4.78 is 18.8. The van der Waals surface area contributed by atoms with E-state index in [9.17, 15) is 14.0 Å². The first-order valence-corrected chi connectivity index (χ1v) is 7.87. The molecule has 3 N–H and O–H groups in total. The van der Waals surface area contributed by atoms with Gasteiger partial charge in [0.1, 0.15) is 24.2 Å². The minimum absolute atomic E-state index is 0.188. The Balaban J connectivity index is 1.61. The van der Waals surface area contributed by atoms with Crippen LogP contribution in [0, 0.1) is 5.82 Å². The number of carbonyl (C=O) groups excluding carboxylic acids is 2. The number of hydrogen-bond acceptors (Lipinski definition) is 3. The number of hydrogen-bond donors (Lipinski definition) is 2. The van der Waals surface area contributed by atoms with Gasteiger partial charge in [-0.1, -0.05) is 12.1 Å². The van der Waals surface area contributed by atoms with Crippen LogP contribution in [0.1, 0.15) is 12.0 Å². The molecule has 0 aliphatic carbocycles. The predicted octanol–water partition coefficient (Wildman–Crippen LogP) is 2.18. The summed E-state index contributed by atoms with van der Waals surface area (Å²) in [7, 11) is 0. The number of rotatable bonds is 5. The van der Waals surface area contributed by atoms with Gasteiger partial charge in [-0.15, -0.1) is 0 Å². The molecule has 6 nitrogen and oxygen atoms in total. The van der Waals surface area contributed by atoms with Gasteiger partial charge in [0, 0.05) is 12.2 Å². The summed E-state index contributed by atoms with van der Waals surface area (Å²) in [5.41, 5.74) is 6.52. The van der Waals surface area contributed by atoms with Gasteiger partial charge in [-0.05, 0) is 48.4 Å². The molecule has 0 unspecified atom stereocenters. The second kappa shape index (κ2) is 7.21. The van der Waals surface area contributed by atoms with Crippen LogP contribution < -0.4 is 20.7 Å². The van der Waals surface area contributed by atoms with Crippen LogP contribution in [-0.2, 0) is 11.4 Å². The molecule has 1 atom stereocenters. The van der Waals surface area contributed by atoms with Crippen molar-refractivity contribution < 1.29 is 18.7 Å². The maximum atomic E-state index is 13.1. The number of primary amides is 1. The van der Waals surface area contributed by atoms with Crippen molar-refractivity contribution >= 4 is 17.6 Å². The highest BCUT2D eigenvalue weighted by Gasteiger charge is 2.33. The molecule has 0 spiro atoms. The quantitative estimate of drug-likeness (QED) is 0.873. The highest BCUT2D eigenvalue weighted by atomic mass is 19.1. The van der Waals surface area contributed by atoms with Crippen LogP contribution in [0.3, 0.4) is 0 Å². The zero-order chi connectivity index (χ0) is 17.8. The number of halogens is 1. The second-order valence-corrected chi connectivity index (χ2v) is 5.75. The number of nitrogens with one attached hydrogen (secondary N) is 1. The van der Waals surface area contributed by atoms with Gasteiger partial charge in [-0.3, -0.25) is 4.79 Å². The Labute approximate surface area is 144 Å². The van der Waals surface area contributed by atoms with E-state index >= 15 is 0 Å². The summed E-state index contributed by atoms with van der Waals surface area (Å²) in [6.07, 6.45) is 0.513. The number of carbonyl (C=O) groups is 2. The first-order chi connectivity index (χ1) is 12.0. The summed E-state index contributed by atoms with van der Waals surface area (Å²) in [5, 5.41) is 2.44. The topological polar surface area (TPSA) is 84.7 Å². The van der Waals surface area contributed by atoms with Gasteiger partial charge in [0.25, 0.3) is 0 Å². The predicted molar refractivity (Wildman–Crippen MR) is 90.7 cm³/mol. The highest BCUT2D eigenvalue weighted by molar-refractivity contribution is 6.01. The summed E-state index contributed by atoms with van der Waals surface area (Å²) >= 11 is 0. The Morgan fingerprint density at radius 1 is 1.28 bits per heavy atom. The molecule has 1 fully saturated rings. The highest BCUT2D eigenvalue weighted by Crippen LogP contribution is 2.24. The number of nitrogens with zero attached hydrogens (tertiary/aromatic N) is 1. The lowest BCUT2D eigenvalue weighted by atomic mass is 10.2. The molecule has 1 aliphatic rings. The Morgan fingerprint density at radius 2 is 2.04 bits per heavy atom. The number of benzene rings is 2. The van der Waals surface area contributed by atoms with E-state index in [1.54, 1.807) is 41.3 Å². The Kier molecular flexibility index (Phi) is 4.83. The third-order valence-electron chi connectivity index (χ3n) is 3.96. The zero-order valence-electron chi connectivity index (χ0n) is 13.4. The SMILES string of the molecule is NC(=O)N[C@H]1CCN(c2ccc(OCc3cccc(F)c3)cc2)C1=O. The van der Waals surface area contributed by atoms with Crippen molar-refractivity contribution in [1.29, 1.82) is 0 Å². The van der Waals surface area contributed by atoms with Gasteiger partial charge in [0.05, 0.1) is 0 Å². The molecule has 3 amide bonds.